The third-order valence-electron chi connectivity index (χ3n) is 8.39. The summed E-state index contributed by atoms with van der Waals surface area (Å²) in [5, 5.41) is 20.9. The third kappa shape index (κ3) is 8.97. The Morgan fingerprint density at radius 3 is 2.27 bits per heavy atom. The van der Waals surface area contributed by atoms with E-state index in [1.807, 2.05) is 42.5 Å². The number of rotatable bonds is 12. The minimum atomic E-state index is -0.497. The predicted octanol–water partition coefficient (Wildman–Crippen LogP) is 5.17. The van der Waals surface area contributed by atoms with Crippen molar-refractivity contribution in [1.29, 1.82) is 0 Å². The van der Waals surface area contributed by atoms with Gasteiger partial charge in [0.05, 0.1) is 18.8 Å². The molecule has 3 aromatic carbocycles. The molecule has 2 aliphatic heterocycles. The molecule has 2 amide bonds. The van der Waals surface area contributed by atoms with Gasteiger partial charge < -0.3 is 24.8 Å². The summed E-state index contributed by atoms with van der Waals surface area (Å²) >= 11 is 0. The summed E-state index contributed by atoms with van der Waals surface area (Å²) in [4.78, 5) is 25.8. The van der Waals surface area contributed by atoms with Gasteiger partial charge in [0.15, 0.2) is 6.29 Å². The Kier molecular flexibility index (Phi) is 11.5. The molecule has 0 aliphatic carbocycles. The second-order valence-corrected chi connectivity index (χ2v) is 11.7. The molecule has 5 rings (SSSR count). The van der Waals surface area contributed by atoms with Crippen LogP contribution in [-0.2, 0) is 32.2 Å². The normalized spacial score (nSPS) is 20.6. The van der Waals surface area contributed by atoms with Crippen LogP contribution in [0, 0.1) is 0 Å². The molecular formula is C35H43N3O6. The van der Waals surface area contributed by atoms with Gasteiger partial charge >= 0.3 is 0 Å². The topological polar surface area (TPSA) is 120 Å². The number of hydrogen-bond acceptors (Lipinski definition) is 7. The van der Waals surface area contributed by atoms with Crippen LogP contribution in [0.2, 0.25) is 0 Å². The molecule has 2 saturated heterocycles. The quantitative estimate of drug-likeness (QED) is 0.167. The maximum atomic E-state index is 12.2. The first-order valence-corrected chi connectivity index (χ1v) is 15.6. The van der Waals surface area contributed by atoms with Crippen LogP contribution in [0.4, 0.5) is 0 Å². The lowest BCUT2D eigenvalue weighted by molar-refractivity contribution is -0.253. The van der Waals surface area contributed by atoms with Gasteiger partial charge in [0.2, 0.25) is 11.8 Å². The lowest BCUT2D eigenvalue weighted by Gasteiger charge is -2.39. The number of nitrogens with one attached hydrogen (secondary N) is 2. The number of benzene rings is 3. The van der Waals surface area contributed by atoms with Crippen LogP contribution in [0.3, 0.4) is 0 Å². The van der Waals surface area contributed by atoms with E-state index in [2.05, 4.69) is 40.5 Å². The Balaban J connectivity index is 1.24. The van der Waals surface area contributed by atoms with Crippen molar-refractivity contribution in [1.82, 2.24) is 15.7 Å². The molecule has 0 spiro atoms. The van der Waals surface area contributed by atoms with Crippen molar-refractivity contribution in [3.63, 3.8) is 0 Å². The number of aliphatic hydroxyl groups is 1. The molecular weight excluding hydrogens is 558 g/mol. The highest BCUT2D eigenvalue weighted by atomic mass is 16.7. The molecule has 0 radical (unpaired) electrons. The second-order valence-electron chi connectivity index (χ2n) is 11.7. The fourth-order valence-corrected chi connectivity index (χ4v) is 5.91. The molecule has 3 unspecified atom stereocenters. The Hall–Kier alpha value is -3.60. The highest BCUT2D eigenvalue weighted by Crippen LogP contribution is 2.39. The molecule has 44 heavy (non-hydrogen) atoms. The van der Waals surface area contributed by atoms with Crippen LogP contribution in [0.5, 0.6) is 0 Å². The molecule has 2 fully saturated rings. The molecule has 2 aliphatic rings. The van der Waals surface area contributed by atoms with Crippen molar-refractivity contribution >= 4 is 11.8 Å². The monoisotopic (exact) mass is 601 g/mol. The standard InChI is InChI=1S/C35H43N3O6/c39-24-25-10-12-28(13-11-25)32-21-31(23-38-18-2-1-3-19-38)43-35(44-32)29-16-14-27(15-17-29)30-7-4-6-26(20-30)22-36-33(40)8-5-9-34(41)37-42/h4,6-7,10-17,20,31-32,35,39,42H,1-3,5,8-9,18-19,21-24H2,(H,36,40)(H,37,41). The van der Waals surface area contributed by atoms with Crippen molar-refractivity contribution in [2.75, 3.05) is 19.6 Å². The lowest BCUT2D eigenvalue weighted by Crippen LogP contribution is -2.41. The number of nitrogens with zero attached hydrogens (tertiary/aromatic N) is 1. The molecule has 9 heteroatoms. The number of piperidine rings is 1. The summed E-state index contributed by atoms with van der Waals surface area (Å²) in [5.41, 5.74) is 7.58. The fraction of sp³-hybridized carbons (Fsp3) is 0.429. The Morgan fingerprint density at radius 2 is 1.55 bits per heavy atom. The number of hydrogen-bond donors (Lipinski definition) is 4. The largest absolute Gasteiger partial charge is 0.392 e. The molecule has 0 bridgehead atoms. The number of aliphatic hydroxyl groups excluding tert-OH is 1. The SMILES string of the molecule is O=C(CCCC(=O)NCc1cccc(-c2ccc(C3OC(CN4CCCCC4)CC(c4ccc(CO)cc4)O3)cc2)c1)NO. The van der Waals surface area contributed by atoms with E-state index in [0.29, 0.717) is 13.0 Å². The van der Waals surface area contributed by atoms with Crippen molar-refractivity contribution in [3.8, 4) is 11.1 Å². The predicted molar refractivity (Wildman–Crippen MR) is 166 cm³/mol. The number of ether oxygens (including phenoxy) is 2. The van der Waals surface area contributed by atoms with Gasteiger partial charge in [0.1, 0.15) is 0 Å². The van der Waals surface area contributed by atoms with E-state index < -0.39 is 12.2 Å². The van der Waals surface area contributed by atoms with Crippen LogP contribution < -0.4 is 10.8 Å². The van der Waals surface area contributed by atoms with Gasteiger partial charge in [-0.25, -0.2) is 5.48 Å². The van der Waals surface area contributed by atoms with Gasteiger partial charge in [0.25, 0.3) is 0 Å². The lowest BCUT2D eigenvalue weighted by atomic mass is 9.98. The number of likely N-dealkylation sites (tertiary alicyclic amines) is 1. The summed E-state index contributed by atoms with van der Waals surface area (Å²) in [6, 6.07) is 24.3. The molecule has 2 heterocycles. The molecule has 0 aromatic heterocycles. The van der Waals surface area contributed by atoms with Crippen LogP contribution in [0.1, 0.15) is 79.6 Å². The van der Waals surface area contributed by atoms with Gasteiger partial charge in [-0.1, -0.05) is 73.2 Å². The highest BCUT2D eigenvalue weighted by Gasteiger charge is 2.33. The average molecular weight is 602 g/mol. The smallest absolute Gasteiger partial charge is 0.243 e. The molecule has 0 saturated carbocycles. The van der Waals surface area contributed by atoms with E-state index in [1.165, 1.54) is 19.3 Å². The van der Waals surface area contributed by atoms with Crippen molar-refractivity contribution < 1.29 is 29.4 Å². The maximum Gasteiger partial charge on any atom is 0.243 e. The molecule has 3 aromatic rings. The van der Waals surface area contributed by atoms with Crippen LogP contribution in [-0.4, -0.2) is 52.8 Å². The highest BCUT2D eigenvalue weighted by molar-refractivity contribution is 5.78. The first kappa shape index (κ1) is 31.8. The van der Waals surface area contributed by atoms with E-state index in [9.17, 15) is 14.7 Å². The van der Waals surface area contributed by atoms with Crippen LogP contribution in [0.25, 0.3) is 11.1 Å². The zero-order valence-corrected chi connectivity index (χ0v) is 25.1. The first-order valence-electron chi connectivity index (χ1n) is 15.6. The van der Waals surface area contributed by atoms with Crippen molar-refractivity contribution in [3.05, 3.63) is 95.1 Å². The maximum absolute atomic E-state index is 12.2. The van der Waals surface area contributed by atoms with Gasteiger partial charge in [-0.2, -0.15) is 0 Å². The summed E-state index contributed by atoms with van der Waals surface area (Å²) < 4.78 is 13.1. The molecule has 234 valence electrons. The third-order valence-corrected chi connectivity index (χ3v) is 8.39. The molecule has 3 atom stereocenters. The Labute approximate surface area is 259 Å². The summed E-state index contributed by atoms with van der Waals surface area (Å²) in [6.45, 7) is 3.53. The number of amides is 2. The van der Waals surface area contributed by atoms with Gasteiger partial charge in [-0.05, 0) is 66.2 Å². The van der Waals surface area contributed by atoms with Crippen LogP contribution in [0.15, 0.2) is 72.8 Å². The van der Waals surface area contributed by atoms with E-state index in [4.69, 9.17) is 14.7 Å². The Bertz CT molecular complexity index is 1360. The van der Waals surface area contributed by atoms with E-state index >= 15 is 0 Å². The number of carbonyl (C=O) groups excluding carboxylic acids is 2. The minimum Gasteiger partial charge on any atom is -0.392 e. The Morgan fingerprint density at radius 1 is 0.818 bits per heavy atom. The van der Waals surface area contributed by atoms with Gasteiger partial charge in [-0.15, -0.1) is 0 Å². The first-order chi connectivity index (χ1) is 21.5. The van der Waals surface area contributed by atoms with E-state index in [0.717, 1.165) is 59.4 Å². The van der Waals surface area contributed by atoms with E-state index in [1.54, 1.807) is 5.48 Å². The molecule has 9 nitrogen and oxygen atoms in total. The average Bonchev–Trinajstić information content (AvgIpc) is 3.08. The summed E-state index contributed by atoms with van der Waals surface area (Å²) in [6.07, 6.45) is 4.70. The van der Waals surface area contributed by atoms with Crippen molar-refractivity contribution in [2.24, 2.45) is 0 Å². The zero-order chi connectivity index (χ0) is 30.7. The number of hydroxylamine groups is 1. The van der Waals surface area contributed by atoms with Gasteiger partial charge in [0, 0.05) is 37.9 Å². The summed E-state index contributed by atoms with van der Waals surface area (Å²) in [5.74, 6) is -0.636. The second kappa shape index (κ2) is 15.9. The van der Waals surface area contributed by atoms with Gasteiger partial charge in [-0.3, -0.25) is 14.8 Å². The van der Waals surface area contributed by atoms with Crippen LogP contribution >= 0.6 is 0 Å². The van der Waals surface area contributed by atoms with E-state index in [-0.39, 0.29) is 37.6 Å². The fourth-order valence-electron chi connectivity index (χ4n) is 5.91. The minimum absolute atomic E-state index is 0.0202. The zero-order valence-electron chi connectivity index (χ0n) is 25.1. The number of carbonyl (C=O) groups is 2. The molecule has 4 N–H and O–H groups in total. The van der Waals surface area contributed by atoms with Crippen molar-refractivity contribution in [2.45, 2.75) is 76.6 Å². The summed E-state index contributed by atoms with van der Waals surface area (Å²) in [7, 11) is 0.